The lowest BCUT2D eigenvalue weighted by Gasteiger charge is -2.17. The molecule has 0 aromatic heterocycles. The zero-order chi connectivity index (χ0) is 9.78. The Morgan fingerprint density at radius 2 is 2.08 bits per heavy atom. The van der Waals surface area contributed by atoms with Gasteiger partial charge in [0.1, 0.15) is 5.84 Å². The molecule has 0 atom stereocenters. The van der Waals surface area contributed by atoms with Crippen molar-refractivity contribution >= 4 is 16.0 Å². The van der Waals surface area contributed by atoms with Crippen LogP contribution in [0.15, 0.2) is 0 Å². The molecule has 0 aliphatic rings. The Morgan fingerprint density at radius 1 is 1.58 bits per heavy atom. The molecule has 5 N–H and O–H groups in total. The van der Waals surface area contributed by atoms with Gasteiger partial charge in [-0.25, -0.2) is 5.14 Å². The second kappa shape index (κ2) is 4.39. The number of rotatable bonds is 5. The zero-order valence-corrected chi connectivity index (χ0v) is 7.76. The average molecular weight is 194 g/mol. The van der Waals surface area contributed by atoms with Crippen molar-refractivity contribution in [2.45, 2.75) is 13.3 Å². The first kappa shape index (κ1) is 11.3. The fourth-order valence-corrected chi connectivity index (χ4v) is 1.49. The quantitative estimate of drug-likeness (QED) is 0.379. The third-order valence-corrected chi connectivity index (χ3v) is 2.21. The maximum Gasteiger partial charge on any atom is 0.277 e. The van der Waals surface area contributed by atoms with Crippen LogP contribution in [0, 0.1) is 5.41 Å². The van der Waals surface area contributed by atoms with Crippen molar-refractivity contribution in [3.05, 3.63) is 0 Å². The van der Waals surface area contributed by atoms with Crippen molar-refractivity contribution in [3.8, 4) is 0 Å². The van der Waals surface area contributed by atoms with Crippen LogP contribution in [0.2, 0.25) is 0 Å². The van der Waals surface area contributed by atoms with Crippen molar-refractivity contribution in [1.29, 1.82) is 5.41 Å². The zero-order valence-electron chi connectivity index (χ0n) is 6.95. The van der Waals surface area contributed by atoms with Gasteiger partial charge in [-0.1, -0.05) is 6.92 Å². The second-order valence-electron chi connectivity index (χ2n) is 2.40. The van der Waals surface area contributed by atoms with Crippen LogP contribution in [0.1, 0.15) is 13.3 Å². The van der Waals surface area contributed by atoms with Gasteiger partial charge in [0.05, 0.1) is 6.54 Å². The molecule has 0 aromatic rings. The van der Waals surface area contributed by atoms with Gasteiger partial charge in [-0.3, -0.25) is 5.41 Å². The van der Waals surface area contributed by atoms with Crippen LogP contribution in [0.25, 0.3) is 0 Å². The molecule has 0 fully saturated rings. The minimum atomic E-state index is -3.71. The summed E-state index contributed by atoms with van der Waals surface area (Å²) < 4.78 is 22.6. The van der Waals surface area contributed by atoms with E-state index in [4.69, 9.17) is 16.3 Å². The predicted molar refractivity (Wildman–Crippen MR) is 46.9 cm³/mol. The lowest BCUT2D eigenvalue weighted by Crippen LogP contribution is -2.42. The van der Waals surface area contributed by atoms with E-state index in [9.17, 15) is 8.42 Å². The van der Waals surface area contributed by atoms with Gasteiger partial charge < -0.3 is 5.73 Å². The summed E-state index contributed by atoms with van der Waals surface area (Å²) in [5, 5.41) is 11.8. The van der Waals surface area contributed by atoms with Gasteiger partial charge in [0.2, 0.25) is 0 Å². The summed E-state index contributed by atoms with van der Waals surface area (Å²) in [5.41, 5.74) is 5.04. The first-order valence-electron chi connectivity index (χ1n) is 3.48. The van der Waals surface area contributed by atoms with Crippen molar-refractivity contribution in [3.63, 3.8) is 0 Å². The Bertz CT molecular complexity index is 248. The minimum absolute atomic E-state index is 0.132. The molecule has 0 spiro atoms. The van der Waals surface area contributed by atoms with Gasteiger partial charge in [-0.15, -0.1) is 0 Å². The molecule has 0 amide bonds. The molecule has 0 aliphatic carbocycles. The van der Waals surface area contributed by atoms with Crippen LogP contribution in [-0.4, -0.2) is 31.6 Å². The van der Waals surface area contributed by atoms with Gasteiger partial charge in [0.25, 0.3) is 10.2 Å². The standard InChI is InChI=1S/C5H14N4O2S/c1-2-3-9(4-5(6)7)12(8,10)11/h2-4H2,1H3,(H3,6,7)(H2,8,10,11). The number of nitrogens with zero attached hydrogens (tertiary/aromatic N) is 1. The summed E-state index contributed by atoms with van der Waals surface area (Å²) in [4.78, 5) is 0. The molecule has 0 aromatic carbocycles. The van der Waals surface area contributed by atoms with Gasteiger partial charge >= 0.3 is 0 Å². The van der Waals surface area contributed by atoms with Crippen LogP contribution >= 0.6 is 0 Å². The SMILES string of the molecule is CCCN(CC(=N)N)S(N)(=O)=O. The molecule has 0 unspecified atom stereocenters. The maximum atomic E-state index is 10.8. The highest BCUT2D eigenvalue weighted by Crippen LogP contribution is 1.95. The lowest BCUT2D eigenvalue weighted by atomic mass is 10.4. The topological polar surface area (TPSA) is 113 Å². The fourth-order valence-electron chi connectivity index (χ4n) is 0.736. The van der Waals surface area contributed by atoms with Crippen LogP contribution < -0.4 is 10.9 Å². The summed E-state index contributed by atoms with van der Waals surface area (Å²) >= 11 is 0. The van der Waals surface area contributed by atoms with Crippen LogP contribution in [0.4, 0.5) is 0 Å². The average Bonchev–Trinajstić information content (AvgIpc) is 1.83. The molecule has 0 rings (SSSR count). The Morgan fingerprint density at radius 3 is 2.33 bits per heavy atom. The third kappa shape index (κ3) is 4.27. The van der Waals surface area contributed by atoms with E-state index in [1.54, 1.807) is 0 Å². The second-order valence-corrected chi connectivity index (χ2v) is 3.95. The summed E-state index contributed by atoms with van der Waals surface area (Å²) in [6.45, 7) is 1.98. The van der Waals surface area contributed by atoms with E-state index in [0.717, 1.165) is 4.31 Å². The first-order valence-corrected chi connectivity index (χ1v) is 4.99. The van der Waals surface area contributed by atoms with E-state index in [2.05, 4.69) is 0 Å². The number of amidine groups is 1. The summed E-state index contributed by atoms with van der Waals surface area (Å²) in [6, 6.07) is 0. The smallest absolute Gasteiger partial charge is 0.277 e. The molecule has 12 heavy (non-hydrogen) atoms. The molecule has 0 radical (unpaired) electrons. The molecular weight excluding hydrogens is 180 g/mol. The monoisotopic (exact) mass is 194 g/mol. The lowest BCUT2D eigenvalue weighted by molar-refractivity contribution is 0.448. The van der Waals surface area contributed by atoms with Crippen molar-refractivity contribution in [2.75, 3.05) is 13.1 Å². The Hall–Kier alpha value is -0.660. The highest BCUT2D eigenvalue weighted by atomic mass is 32.2. The molecule has 7 heteroatoms. The largest absolute Gasteiger partial charge is 0.387 e. The summed E-state index contributed by atoms with van der Waals surface area (Å²) in [6.07, 6.45) is 0.643. The van der Waals surface area contributed by atoms with E-state index < -0.39 is 10.2 Å². The van der Waals surface area contributed by atoms with Crippen LogP contribution in [0.5, 0.6) is 0 Å². The number of hydrogen-bond acceptors (Lipinski definition) is 3. The number of nitrogens with one attached hydrogen (secondary N) is 1. The maximum absolute atomic E-state index is 10.8. The van der Waals surface area contributed by atoms with Gasteiger partial charge in [-0.05, 0) is 6.42 Å². The highest BCUT2D eigenvalue weighted by Gasteiger charge is 2.16. The Kier molecular flexibility index (Phi) is 4.15. The van der Waals surface area contributed by atoms with E-state index in [1.807, 2.05) is 6.92 Å². The number of hydrogen-bond donors (Lipinski definition) is 3. The molecule has 6 nitrogen and oxygen atoms in total. The van der Waals surface area contributed by atoms with Crippen molar-refractivity contribution in [1.82, 2.24) is 4.31 Å². The van der Waals surface area contributed by atoms with E-state index >= 15 is 0 Å². The molecular formula is C5H14N4O2S. The summed E-state index contributed by atoms with van der Waals surface area (Å²) in [5.74, 6) is -0.211. The summed E-state index contributed by atoms with van der Waals surface area (Å²) in [7, 11) is -3.71. The minimum Gasteiger partial charge on any atom is -0.387 e. The van der Waals surface area contributed by atoms with Crippen LogP contribution in [-0.2, 0) is 10.2 Å². The van der Waals surface area contributed by atoms with Crippen molar-refractivity contribution < 1.29 is 8.42 Å². The normalized spacial score (nSPS) is 11.9. The Balaban J connectivity index is 4.34. The molecule has 0 aliphatic heterocycles. The first-order chi connectivity index (χ1) is 5.38. The third-order valence-electron chi connectivity index (χ3n) is 1.18. The van der Waals surface area contributed by atoms with E-state index in [-0.39, 0.29) is 12.4 Å². The van der Waals surface area contributed by atoms with E-state index in [1.165, 1.54) is 0 Å². The van der Waals surface area contributed by atoms with E-state index in [0.29, 0.717) is 13.0 Å². The molecule has 72 valence electrons. The van der Waals surface area contributed by atoms with Gasteiger partial charge in [-0.2, -0.15) is 12.7 Å². The van der Waals surface area contributed by atoms with Gasteiger partial charge in [0, 0.05) is 6.54 Å². The molecule has 0 saturated carbocycles. The highest BCUT2D eigenvalue weighted by molar-refractivity contribution is 7.86. The molecule has 0 saturated heterocycles. The number of nitrogens with two attached hydrogens (primary N) is 2. The van der Waals surface area contributed by atoms with Crippen molar-refractivity contribution in [2.24, 2.45) is 10.9 Å². The predicted octanol–water partition coefficient (Wildman–Crippen LogP) is -1.16. The Labute approximate surface area is 72.2 Å². The molecule has 0 bridgehead atoms. The van der Waals surface area contributed by atoms with Gasteiger partial charge in [0.15, 0.2) is 0 Å². The van der Waals surface area contributed by atoms with Crippen LogP contribution in [0.3, 0.4) is 0 Å². The molecule has 0 heterocycles. The fraction of sp³-hybridized carbons (Fsp3) is 0.800.